The number of anilines is 2. The molecule has 0 aromatic carbocycles. The molecule has 4 heterocycles. The third-order valence-electron chi connectivity index (χ3n) is 8.45. The molecule has 0 bridgehead atoms. The number of rotatable bonds is 16. The first kappa shape index (κ1) is 60.2. The second-order valence-electron chi connectivity index (χ2n) is 13.7. The largest absolute Gasteiger partial charge is 0.490 e. The summed E-state index contributed by atoms with van der Waals surface area (Å²) >= 11 is 0. The number of nitrogens with zero attached hydrogens (tertiary/aromatic N) is 5. The van der Waals surface area contributed by atoms with Crippen LogP contribution in [0, 0.1) is 30.6 Å². The lowest BCUT2D eigenvalue weighted by atomic mass is 9.90. The van der Waals surface area contributed by atoms with Crippen LogP contribution in [0.15, 0.2) is 21.9 Å². The maximum absolute atomic E-state index is 12.8. The Morgan fingerprint density at radius 2 is 1.09 bits per heavy atom. The van der Waals surface area contributed by atoms with E-state index >= 15 is 0 Å². The number of aliphatic hydroxyl groups is 2. The van der Waals surface area contributed by atoms with Gasteiger partial charge in [-0.25, -0.2) is 45.8 Å². The third-order valence-corrected chi connectivity index (χ3v) is 16.3. The molecule has 2 aliphatic heterocycles. The van der Waals surface area contributed by atoms with Crippen molar-refractivity contribution in [2.45, 2.75) is 80.9 Å². The van der Waals surface area contributed by atoms with E-state index in [4.69, 9.17) is 52.0 Å². The van der Waals surface area contributed by atoms with Gasteiger partial charge in [-0.1, -0.05) is 23.7 Å². The summed E-state index contributed by atoms with van der Waals surface area (Å²) in [4.78, 5) is 104. The maximum atomic E-state index is 12.8. The second-order valence-corrected chi connectivity index (χ2v) is 22.5. The van der Waals surface area contributed by atoms with E-state index in [0.29, 0.717) is 4.68 Å². The molecule has 35 nitrogen and oxygen atoms in total. The molecule has 2 aliphatic rings. The molecule has 43 heteroatoms. The summed E-state index contributed by atoms with van der Waals surface area (Å²) in [6.45, 7) is 0.973. The van der Waals surface area contributed by atoms with Crippen LogP contribution in [0.5, 0.6) is 0 Å². The van der Waals surface area contributed by atoms with E-state index in [1.165, 1.54) is 13.0 Å². The van der Waals surface area contributed by atoms with E-state index < -0.39 is 132 Å². The minimum atomic E-state index is -5.82. The Morgan fingerprint density at radius 1 is 0.696 bits per heavy atom. The summed E-state index contributed by atoms with van der Waals surface area (Å²) in [5, 5.41) is 25.1. The smallest absolute Gasteiger partial charge is 0.387 e. The van der Waals surface area contributed by atoms with Gasteiger partial charge in [0.15, 0.2) is 23.5 Å². The molecule has 0 aliphatic carbocycles. The Labute approximate surface area is 383 Å². The number of alkyl halides is 2. The number of aliphatic hydroxyl groups excluding tert-OH is 2. The van der Waals surface area contributed by atoms with E-state index in [1.54, 1.807) is 0 Å². The van der Waals surface area contributed by atoms with Gasteiger partial charge in [0.2, 0.25) is 0 Å². The van der Waals surface area contributed by atoms with Gasteiger partial charge in [-0.05, 0) is 26.8 Å². The van der Waals surface area contributed by atoms with E-state index in [9.17, 15) is 75.5 Å². The van der Waals surface area contributed by atoms with Crippen LogP contribution in [0.25, 0.3) is 0 Å². The number of nitrogen functional groups attached to an aromatic ring is 2. The van der Waals surface area contributed by atoms with Gasteiger partial charge < -0.3 is 81.8 Å². The Morgan fingerprint density at radius 3 is 1.46 bits per heavy atom. The number of phosphoric acid groups is 6. The minimum Gasteiger partial charge on any atom is -0.387 e. The molecule has 2 saturated heterocycles. The van der Waals surface area contributed by atoms with E-state index in [2.05, 4.69) is 53.2 Å². The van der Waals surface area contributed by atoms with Gasteiger partial charge in [-0.15, -0.1) is 0 Å². The number of phosphoric ester groups is 2. The number of hydrogen-bond donors (Lipinski definition) is 14. The molecule has 0 spiro atoms. The van der Waals surface area contributed by atoms with Crippen LogP contribution in [-0.2, 0) is 63.2 Å². The van der Waals surface area contributed by atoms with Gasteiger partial charge in [0.25, 0.3) is 0 Å². The predicted octanol–water partition coefficient (Wildman–Crippen LogP) is -3.32. The lowest BCUT2D eigenvalue weighted by molar-refractivity contribution is -0.0793. The topological polar surface area (TPSA) is 565 Å². The summed E-state index contributed by atoms with van der Waals surface area (Å²) in [5.41, 5.74) is 16.6. The van der Waals surface area contributed by atoms with Gasteiger partial charge in [0.05, 0.1) is 18.4 Å². The Balaban J connectivity index is 0.000000365. The number of aromatic nitrogens is 5. The zero-order valence-electron chi connectivity index (χ0n) is 34.7. The highest BCUT2D eigenvalue weighted by atomic mass is 31.3. The highest BCUT2D eigenvalue weighted by Gasteiger charge is 2.59. The first-order valence-corrected chi connectivity index (χ1v) is 26.8. The SMILES string of the molecule is C[C@@H](OP(=O)(O)OP(=O)(O)OP(=O)(O)O)[C@H]1O[C@@H](n2ncc(N)nc2=O)C(N)(C#CCF)[C@H]1O.Cc1cc(N)nc(=O)n1[C@@H]1O[C@H]([C@@H](C)OP(=O)(O)OP(=O)(O)OP(=O)(O)O)[C@H](O)C1(N)C#CCF. The molecule has 2 aromatic rings. The zero-order chi connectivity index (χ0) is 53.1. The van der Waals surface area contributed by atoms with Crippen LogP contribution in [0.3, 0.4) is 0 Å². The van der Waals surface area contributed by atoms with Crippen LogP contribution in [-0.4, -0.2) is 135 Å². The maximum Gasteiger partial charge on any atom is 0.490 e. The van der Waals surface area contributed by atoms with Crippen molar-refractivity contribution in [3.05, 3.63) is 38.9 Å². The molecule has 4 rings (SSSR count). The van der Waals surface area contributed by atoms with Crippen molar-refractivity contribution >= 4 is 58.6 Å². The number of hydrogen-bond acceptors (Lipinski definition) is 25. The molecule has 0 radical (unpaired) electrons. The monoisotopic (exact) mass is 1120 g/mol. The molecule has 0 amide bonds. The summed E-state index contributed by atoms with van der Waals surface area (Å²) in [6.07, 6.45) is -13.3. The van der Waals surface area contributed by atoms with Crippen LogP contribution >= 0.6 is 46.9 Å². The third kappa shape index (κ3) is 16.2. The van der Waals surface area contributed by atoms with E-state index in [-0.39, 0.29) is 17.3 Å². The van der Waals surface area contributed by atoms with Crippen molar-refractivity contribution in [1.82, 2.24) is 24.3 Å². The number of aryl methyl sites for hydroxylation is 1. The van der Waals surface area contributed by atoms with Gasteiger partial charge in [0, 0.05) is 5.69 Å². The lowest BCUT2D eigenvalue weighted by Gasteiger charge is -2.29. The summed E-state index contributed by atoms with van der Waals surface area (Å²) in [7, 11) is -34.1. The summed E-state index contributed by atoms with van der Waals surface area (Å²) in [6, 6.07) is 1.25. The Kier molecular flexibility index (Phi) is 19.5. The number of nitrogens with two attached hydrogens (primary N) is 4. The summed E-state index contributed by atoms with van der Waals surface area (Å²) in [5.74, 6) is 7.92. The van der Waals surface area contributed by atoms with E-state index in [0.717, 1.165) is 24.6 Å². The number of ether oxygens (including phenoxy) is 2. The van der Waals surface area contributed by atoms with Crippen molar-refractivity contribution in [2.24, 2.45) is 11.5 Å². The minimum absolute atomic E-state index is 0.137. The Bertz CT molecular complexity index is 2780. The first-order chi connectivity index (χ1) is 31.2. The van der Waals surface area contributed by atoms with Gasteiger partial charge in [-0.3, -0.25) is 13.6 Å². The van der Waals surface area contributed by atoms with Crippen molar-refractivity contribution in [1.29, 1.82) is 0 Å². The summed E-state index contributed by atoms with van der Waals surface area (Å²) < 4.78 is 130. The highest BCUT2D eigenvalue weighted by Crippen LogP contribution is 2.68. The average molecular weight is 1120 g/mol. The highest BCUT2D eigenvalue weighted by molar-refractivity contribution is 7.67. The fourth-order valence-corrected chi connectivity index (χ4v) is 12.4. The van der Waals surface area contributed by atoms with Gasteiger partial charge >= 0.3 is 58.3 Å². The molecule has 390 valence electrons. The van der Waals surface area contributed by atoms with Crippen LogP contribution in [0.2, 0.25) is 0 Å². The van der Waals surface area contributed by atoms with Crippen molar-refractivity contribution in [2.75, 3.05) is 24.8 Å². The van der Waals surface area contributed by atoms with Gasteiger partial charge in [0.1, 0.15) is 49.4 Å². The molecule has 2 aromatic heterocycles. The van der Waals surface area contributed by atoms with Crippen molar-refractivity contribution < 1.29 is 121 Å². The lowest BCUT2D eigenvalue weighted by Crippen LogP contribution is -2.56. The molecule has 0 saturated carbocycles. The second kappa shape index (κ2) is 22.3. The molecular weight excluding hydrogens is 1080 g/mol. The number of halogens is 2. The predicted molar refractivity (Wildman–Crippen MR) is 218 cm³/mol. The standard InChI is InChI=1S/C14H22FN4O13P3.C12H19FN5O13P3/c1-7-6-9(16)18-13(21)19(7)12-14(17,4-3-5-15)11(20)10(29-12)8(2)30-34(25,26)32-35(27,28)31-33(22,23)24;1-6(29-33(24,25)31-34(26,27)30-32(21,22)23)8-9(19)12(15,3-2-4-13)10(28-8)18-11(20)17-7(14)5-16-18/h6,8,10-12,20H,5,17H2,1-2H3,(H,25,26)(H,27,28)(H2,16,18,21)(H2,22,23,24);5-6,8-10,19H,4,15H2,1H3,(H,24,25)(H,26,27)(H2,14,17,20)(H2,21,22,23)/t8-,10-,11+,12-,14?;6-,8-,9+,10-,12?/m11/s1. The van der Waals surface area contributed by atoms with Crippen LogP contribution in [0.4, 0.5) is 20.4 Å². The average Bonchev–Trinajstić information content (AvgIpc) is 3.54. The first-order valence-electron chi connectivity index (χ1n) is 17.8. The molecule has 14 atom stereocenters. The fraction of sp³-hybridized carbons (Fsp3) is 0.577. The van der Waals surface area contributed by atoms with Crippen LogP contribution in [0.1, 0.15) is 32.0 Å². The normalized spacial score (nSPS) is 29.2. The zero-order valence-corrected chi connectivity index (χ0v) is 40.0. The molecule has 2 fully saturated rings. The van der Waals surface area contributed by atoms with Crippen molar-refractivity contribution in [3.8, 4) is 23.7 Å². The molecule has 18 N–H and O–H groups in total. The Hall–Kier alpha value is -3.15. The van der Waals surface area contributed by atoms with Crippen LogP contribution < -0.4 is 34.3 Å². The van der Waals surface area contributed by atoms with Gasteiger partial charge in [-0.2, -0.15) is 37.0 Å². The quantitative estimate of drug-likeness (QED) is 0.0578. The fourth-order valence-electron chi connectivity index (χ4n) is 6.00. The molecule has 6 unspecified atom stereocenters. The van der Waals surface area contributed by atoms with Crippen molar-refractivity contribution in [3.63, 3.8) is 0 Å². The molecule has 69 heavy (non-hydrogen) atoms. The van der Waals surface area contributed by atoms with E-state index in [1.807, 2.05) is 11.8 Å². The molecular formula is C26H41F2N9O26P6.